The van der Waals surface area contributed by atoms with Gasteiger partial charge in [0.1, 0.15) is 4.60 Å². The van der Waals surface area contributed by atoms with Gasteiger partial charge in [-0.2, -0.15) is 0 Å². The smallest absolute Gasteiger partial charge is 0.200 e. The van der Waals surface area contributed by atoms with Gasteiger partial charge in [-0.25, -0.2) is 0 Å². The number of rotatable bonds is 1. The molecular weight excluding hydrogens is 174 g/mol. The van der Waals surface area contributed by atoms with Crippen molar-refractivity contribution in [3.63, 3.8) is 0 Å². The van der Waals surface area contributed by atoms with Crippen molar-refractivity contribution in [1.82, 2.24) is 5.16 Å². The summed E-state index contributed by atoms with van der Waals surface area (Å²) in [6, 6.07) is 1.49. The minimum absolute atomic E-state index is 0.233. The molecule has 0 aliphatic heterocycles. The normalized spacial score (nSPS) is 9.12. The van der Waals surface area contributed by atoms with Crippen LogP contribution in [-0.2, 0) is 0 Å². The molecule has 0 saturated heterocycles. The third-order valence-electron chi connectivity index (χ3n) is 0.616. The Hall–Kier alpha value is -0.640. The average molecular weight is 176 g/mol. The largest absolute Gasteiger partial charge is 0.352 e. The second-order valence-corrected chi connectivity index (χ2v) is 1.98. The molecule has 0 N–H and O–H groups in total. The van der Waals surface area contributed by atoms with Gasteiger partial charge in [-0.15, -0.1) is 0 Å². The number of nitrogens with zero attached hydrogens (tertiary/aromatic N) is 1. The molecular formula is C4H2BrNO2. The molecule has 1 aromatic rings. The molecule has 42 valence electrons. The van der Waals surface area contributed by atoms with Crippen LogP contribution in [-0.4, -0.2) is 11.4 Å². The van der Waals surface area contributed by atoms with E-state index < -0.39 is 0 Å². The van der Waals surface area contributed by atoms with E-state index in [1.807, 2.05) is 0 Å². The quantitative estimate of drug-likeness (QED) is 0.604. The van der Waals surface area contributed by atoms with E-state index in [2.05, 4.69) is 25.6 Å². The average Bonchev–Trinajstić information content (AvgIpc) is 2.14. The molecule has 0 bridgehead atoms. The molecule has 0 radical (unpaired) electrons. The molecule has 4 heteroatoms. The van der Waals surface area contributed by atoms with Gasteiger partial charge in [0.2, 0.25) is 0 Å². The molecule has 0 unspecified atom stereocenters. The molecule has 0 aromatic carbocycles. The van der Waals surface area contributed by atoms with Gasteiger partial charge in [0.05, 0.1) is 0 Å². The predicted molar refractivity (Wildman–Crippen MR) is 29.6 cm³/mol. The standard InChI is InChI=1S/C4H2BrNO2/c5-4-1-3(2-7)8-6-4/h1-2H. The first-order valence-electron chi connectivity index (χ1n) is 1.90. The van der Waals surface area contributed by atoms with Crippen LogP contribution in [0.5, 0.6) is 0 Å². The Balaban J connectivity index is 3.00. The number of hydrogen-bond acceptors (Lipinski definition) is 3. The summed E-state index contributed by atoms with van der Waals surface area (Å²) in [4.78, 5) is 9.87. The molecule has 8 heavy (non-hydrogen) atoms. The van der Waals surface area contributed by atoms with Crippen LogP contribution in [0.25, 0.3) is 0 Å². The molecule has 1 rings (SSSR count). The lowest BCUT2D eigenvalue weighted by molar-refractivity contribution is 0.109. The Morgan fingerprint density at radius 2 is 2.62 bits per heavy atom. The summed E-state index contributed by atoms with van der Waals surface area (Å²) in [5.41, 5.74) is 0. The van der Waals surface area contributed by atoms with Gasteiger partial charge in [-0.3, -0.25) is 4.79 Å². The zero-order valence-electron chi connectivity index (χ0n) is 3.80. The van der Waals surface area contributed by atoms with Crippen molar-refractivity contribution in [3.8, 4) is 0 Å². The Labute approximate surface area is 53.8 Å². The second-order valence-electron chi connectivity index (χ2n) is 1.17. The monoisotopic (exact) mass is 175 g/mol. The van der Waals surface area contributed by atoms with Crippen LogP contribution >= 0.6 is 15.9 Å². The fourth-order valence-electron chi connectivity index (χ4n) is 0.322. The number of aromatic nitrogens is 1. The summed E-state index contributed by atoms with van der Waals surface area (Å²) in [6.45, 7) is 0. The van der Waals surface area contributed by atoms with Gasteiger partial charge in [-0.1, -0.05) is 5.16 Å². The molecule has 0 saturated carbocycles. The fraction of sp³-hybridized carbons (Fsp3) is 0. The third-order valence-corrected chi connectivity index (χ3v) is 0.989. The Bertz CT molecular complexity index is 196. The summed E-state index contributed by atoms with van der Waals surface area (Å²) in [7, 11) is 0. The molecule has 0 spiro atoms. The van der Waals surface area contributed by atoms with Crippen molar-refractivity contribution in [3.05, 3.63) is 16.4 Å². The van der Waals surface area contributed by atoms with Crippen molar-refractivity contribution in [1.29, 1.82) is 0 Å². The zero-order valence-corrected chi connectivity index (χ0v) is 5.38. The summed E-state index contributed by atoms with van der Waals surface area (Å²) < 4.78 is 4.99. The Morgan fingerprint density at radius 1 is 1.88 bits per heavy atom. The lowest BCUT2D eigenvalue weighted by atomic mass is 10.5. The summed E-state index contributed by atoms with van der Waals surface area (Å²) in [5.74, 6) is 0.233. The van der Waals surface area contributed by atoms with Gasteiger partial charge in [-0.05, 0) is 15.9 Å². The zero-order chi connectivity index (χ0) is 5.98. The fourth-order valence-corrected chi connectivity index (χ4v) is 0.620. The number of carbonyl (C=O) groups is 1. The van der Waals surface area contributed by atoms with E-state index in [0.29, 0.717) is 10.9 Å². The lowest BCUT2D eigenvalue weighted by Crippen LogP contribution is -1.66. The van der Waals surface area contributed by atoms with Gasteiger partial charge in [0.25, 0.3) is 0 Å². The van der Waals surface area contributed by atoms with E-state index in [1.54, 1.807) is 0 Å². The Morgan fingerprint density at radius 3 is 2.88 bits per heavy atom. The van der Waals surface area contributed by atoms with E-state index in [-0.39, 0.29) is 5.76 Å². The topological polar surface area (TPSA) is 43.1 Å². The molecule has 0 atom stereocenters. The number of hydrogen-bond donors (Lipinski definition) is 0. The molecule has 1 aromatic heterocycles. The first-order valence-corrected chi connectivity index (χ1v) is 2.69. The minimum atomic E-state index is 0.233. The van der Waals surface area contributed by atoms with E-state index in [4.69, 9.17) is 0 Å². The first-order chi connectivity index (χ1) is 3.83. The number of halogens is 1. The number of carbonyl (C=O) groups excluding carboxylic acids is 1. The first kappa shape index (κ1) is 5.50. The van der Waals surface area contributed by atoms with Crippen LogP contribution in [0, 0.1) is 0 Å². The minimum Gasteiger partial charge on any atom is -0.352 e. The Kier molecular flexibility index (Phi) is 1.43. The SMILES string of the molecule is O=Cc1cc(Br)no1. The summed E-state index contributed by atoms with van der Waals surface area (Å²) in [6.07, 6.45) is 0.595. The van der Waals surface area contributed by atoms with Gasteiger partial charge in [0.15, 0.2) is 12.0 Å². The van der Waals surface area contributed by atoms with Crippen LogP contribution in [0.2, 0.25) is 0 Å². The van der Waals surface area contributed by atoms with Gasteiger partial charge >= 0.3 is 0 Å². The number of aldehydes is 1. The predicted octanol–water partition coefficient (Wildman–Crippen LogP) is 1.25. The highest BCUT2D eigenvalue weighted by molar-refractivity contribution is 9.10. The van der Waals surface area contributed by atoms with Crippen molar-refractivity contribution in [2.24, 2.45) is 0 Å². The summed E-state index contributed by atoms with van der Waals surface area (Å²) in [5, 5.41) is 3.40. The summed E-state index contributed by atoms with van der Waals surface area (Å²) >= 11 is 3.01. The maximum atomic E-state index is 9.87. The van der Waals surface area contributed by atoms with Crippen LogP contribution in [0.3, 0.4) is 0 Å². The maximum absolute atomic E-state index is 9.87. The van der Waals surface area contributed by atoms with E-state index >= 15 is 0 Å². The van der Waals surface area contributed by atoms with Crippen molar-refractivity contribution in [2.45, 2.75) is 0 Å². The van der Waals surface area contributed by atoms with E-state index in [0.717, 1.165) is 0 Å². The van der Waals surface area contributed by atoms with Gasteiger partial charge < -0.3 is 4.52 Å². The van der Waals surface area contributed by atoms with Crippen LogP contribution in [0.15, 0.2) is 15.2 Å². The van der Waals surface area contributed by atoms with E-state index in [9.17, 15) is 4.79 Å². The molecule has 1 heterocycles. The third kappa shape index (κ3) is 0.949. The molecule has 0 fully saturated rings. The van der Waals surface area contributed by atoms with Crippen LogP contribution in [0.1, 0.15) is 10.6 Å². The molecule has 0 amide bonds. The lowest BCUT2D eigenvalue weighted by Gasteiger charge is -1.65. The van der Waals surface area contributed by atoms with E-state index in [1.165, 1.54) is 6.07 Å². The highest BCUT2D eigenvalue weighted by atomic mass is 79.9. The van der Waals surface area contributed by atoms with Crippen LogP contribution < -0.4 is 0 Å². The second kappa shape index (κ2) is 2.09. The van der Waals surface area contributed by atoms with Crippen molar-refractivity contribution < 1.29 is 9.32 Å². The van der Waals surface area contributed by atoms with Crippen LogP contribution in [0.4, 0.5) is 0 Å². The van der Waals surface area contributed by atoms with Crippen molar-refractivity contribution >= 4 is 22.2 Å². The highest BCUT2D eigenvalue weighted by Crippen LogP contribution is 2.06. The molecule has 0 aliphatic rings. The van der Waals surface area contributed by atoms with Crippen molar-refractivity contribution in [2.75, 3.05) is 0 Å². The molecule has 3 nitrogen and oxygen atoms in total. The highest BCUT2D eigenvalue weighted by Gasteiger charge is 1.95. The van der Waals surface area contributed by atoms with Gasteiger partial charge in [0, 0.05) is 6.07 Å². The maximum Gasteiger partial charge on any atom is 0.200 e. The molecule has 0 aliphatic carbocycles.